The monoisotopic (exact) mass is 294 g/mol. The number of rotatable bonds is 2. The van der Waals surface area contributed by atoms with Crippen LogP contribution in [-0.4, -0.2) is 29.0 Å². The van der Waals surface area contributed by atoms with Gasteiger partial charge in [-0.2, -0.15) is 0 Å². The zero-order chi connectivity index (χ0) is 15.1. The lowest BCUT2D eigenvalue weighted by molar-refractivity contribution is 0.0996. The predicted molar refractivity (Wildman–Crippen MR) is 85.2 cm³/mol. The molecule has 1 amide bonds. The Morgan fingerprint density at radius 1 is 1.18 bits per heavy atom. The Hall–Kier alpha value is -2.43. The van der Waals surface area contributed by atoms with Gasteiger partial charge in [0.15, 0.2) is 0 Å². The number of carbonyl (C=O) groups excluding carboxylic acids is 1. The highest BCUT2D eigenvalue weighted by molar-refractivity contribution is 6.09. The SMILES string of the molecule is Cc1cccc(N2Cc3nc(N4CCCC4)ncc3C2=O)c1. The molecule has 5 heteroatoms. The van der Waals surface area contributed by atoms with Crippen LogP contribution < -0.4 is 9.80 Å². The second-order valence-corrected chi connectivity index (χ2v) is 5.95. The van der Waals surface area contributed by atoms with Crippen LogP contribution in [0.2, 0.25) is 0 Å². The zero-order valence-electron chi connectivity index (χ0n) is 12.6. The topological polar surface area (TPSA) is 49.3 Å². The normalized spacial score (nSPS) is 17.2. The molecule has 0 aliphatic carbocycles. The number of aryl methyl sites for hydroxylation is 1. The number of carbonyl (C=O) groups is 1. The summed E-state index contributed by atoms with van der Waals surface area (Å²) in [6.07, 6.45) is 4.07. The fraction of sp³-hybridized carbons (Fsp3) is 0.353. The van der Waals surface area contributed by atoms with E-state index >= 15 is 0 Å². The average Bonchev–Trinajstić information content (AvgIpc) is 3.15. The Morgan fingerprint density at radius 2 is 2.00 bits per heavy atom. The van der Waals surface area contributed by atoms with Gasteiger partial charge in [0.25, 0.3) is 5.91 Å². The van der Waals surface area contributed by atoms with E-state index in [0.29, 0.717) is 12.1 Å². The maximum Gasteiger partial charge on any atom is 0.262 e. The van der Waals surface area contributed by atoms with Crippen molar-refractivity contribution in [2.75, 3.05) is 22.9 Å². The van der Waals surface area contributed by atoms with Gasteiger partial charge in [0.2, 0.25) is 5.95 Å². The maximum atomic E-state index is 12.6. The molecule has 1 aromatic carbocycles. The minimum Gasteiger partial charge on any atom is -0.341 e. The molecule has 3 heterocycles. The highest BCUT2D eigenvalue weighted by atomic mass is 16.2. The number of hydrogen-bond donors (Lipinski definition) is 0. The Kier molecular flexibility index (Phi) is 3.06. The molecule has 5 nitrogen and oxygen atoms in total. The number of benzene rings is 1. The largest absolute Gasteiger partial charge is 0.341 e. The summed E-state index contributed by atoms with van der Waals surface area (Å²) in [5, 5.41) is 0. The summed E-state index contributed by atoms with van der Waals surface area (Å²) < 4.78 is 0. The number of amides is 1. The maximum absolute atomic E-state index is 12.6. The summed E-state index contributed by atoms with van der Waals surface area (Å²) in [5.74, 6) is 0.753. The van der Waals surface area contributed by atoms with Crippen LogP contribution in [0.3, 0.4) is 0 Å². The molecule has 2 aromatic rings. The fourth-order valence-electron chi connectivity index (χ4n) is 3.15. The van der Waals surface area contributed by atoms with Gasteiger partial charge >= 0.3 is 0 Å². The van der Waals surface area contributed by atoms with Crippen molar-refractivity contribution >= 4 is 17.5 Å². The molecule has 4 rings (SSSR count). The summed E-state index contributed by atoms with van der Waals surface area (Å²) in [7, 11) is 0. The molecule has 0 atom stereocenters. The van der Waals surface area contributed by atoms with E-state index in [9.17, 15) is 4.79 Å². The predicted octanol–water partition coefficient (Wildman–Crippen LogP) is 2.55. The molecule has 0 N–H and O–H groups in total. The molecular weight excluding hydrogens is 276 g/mol. The first-order chi connectivity index (χ1) is 10.7. The number of nitrogens with zero attached hydrogens (tertiary/aromatic N) is 4. The minimum atomic E-state index is -0.00595. The molecule has 2 aliphatic rings. The first-order valence-corrected chi connectivity index (χ1v) is 7.72. The van der Waals surface area contributed by atoms with Crippen LogP contribution in [0.25, 0.3) is 0 Å². The van der Waals surface area contributed by atoms with E-state index in [4.69, 9.17) is 0 Å². The molecule has 1 saturated heterocycles. The molecule has 0 radical (unpaired) electrons. The highest BCUT2D eigenvalue weighted by Gasteiger charge is 2.31. The Bertz CT molecular complexity index is 737. The number of fused-ring (bicyclic) bond motifs is 1. The van der Waals surface area contributed by atoms with Crippen LogP contribution in [0.15, 0.2) is 30.5 Å². The summed E-state index contributed by atoms with van der Waals surface area (Å²) in [6, 6.07) is 7.99. The van der Waals surface area contributed by atoms with E-state index in [1.54, 1.807) is 11.1 Å². The van der Waals surface area contributed by atoms with Crippen molar-refractivity contribution in [1.29, 1.82) is 0 Å². The third-order valence-electron chi connectivity index (χ3n) is 4.34. The van der Waals surface area contributed by atoms with Crippen LogP contribution in [0.1, 0.15) is 34.5 Å². The van der Waals surface area contributed by atoms with Crippen LogP contribution in [0, 0.1) is 6.92 Å². The molecule has 1 fully saturated rings. The van der Waals surface area contributed by atoms with Gasteiger partial charge in [-0.3, -0.25) is 4.79 Å². The molecule has 0 spiro atoms. The summed E-state index contributed by atoms with van der Waals surface area (Å²) in [4.78, 5) is 25.6. The van der Waals surface area contributed by atoms with Crippen molar-refractivity contribution in [3.8, 4) is 0 Å². The molecule has 1 aromatic heterocycles. The van der Waals surface area contributed by atoms with Gasteiger partial charge in [-0.05, 0) is 37.5 Å². The van der Waals surface area contributed by atoms with Crippen LogP contribution >= 0.6 is 0 Å². The molecule has 2 aliphatic heterocycles. The standard InChI is InChI=1S/C17H18N4O/c1-12-5-4-6-13(9-12)21-11-15-14(16(21)22)10-18-17(19-15)20-7-2-3-8-20/h4-6,9-10H,2-3,7-8,11H2,1H3. The van der Waals surface area contributed by atoms with E-state index in [1.165, 1.54) is 12.8 Å². The molecule has 22 heavy (non-hydrogen) atoms. The van der Waals surface area contributed by atoms with E-state index in [1.807, 2.05) is 31.2 Å². The van der Waals surface area contributed by atoms with Crippen LogP contribution in [-0.2, 0) is 6.54 Å². The lowest BCUT2D eigenvalue weighted by Crippen LogP contribution is -2.22. The van der Waals surface area contributed by atoms with Gasteiger partial charge in [-0.25, -0.2) is 9.97 Å². The van der Waals surface area contributed by atoms with E-state index < -0.39 is 0 Å². The second-order valence-electron chi connectivity index (χ2n) is 5.95. The van der Waals surface area contributed by atoms with Crippen LogP contribution in [0.4, 0.5) is 11.6 Å². The van der Waals surface area contributed by atoms with E-state index in [2.05, 4.69) is 14.9 Å². The minimum absolute atomic E-state index is 0.00595. The van der Waals surface area contributed by atoms with Crippen molar-refractivity contribution < 1.29 is 4.79 Å². The van der Waals surface area contributed by atoms with Gasteiger partial charge in [0.05, 0.1) is 17.8 Å². The Balaban J connectivity index is 1.66. The smallest absolute Gasteiger partial charge is 0.262 e. The fourth-order valence-corrected chi connectivity index (χ4v) is 3.15. The van der Waals surface area contributed by atoms with E-state index in [0.717, 1.165) is 36.0 Å². The van der Waals surface area contributed by atoms with E-state index in [-0.39, 0.29) is 5.91 Å². The van der Waals surface area contributed by atoms with Crippen molar-refractivity contribution in [2.24, 2.45) is 0 Å². The summed E-state index contributed by atoms with van der Waals surface area (Å²) in [6.45, 7) is 4.58. The van der Waals surface area contributed by atoms with Gasteiger partial charge < -0.3 is 9.80 Å². The first-order valence-electron chi connectivity index (χ1n) is 7.72. The molecule has 0 unspecified atom stereocenters. The quantitative estimate of drug-likeness (QED) is 0.854. The van der Waals surface area contributed by atoms with Gasteiger partial charge in [0, 0.05) is 25.0 Å². The average molecular weight is 294 g/mol. The third kappa shape index (κ3) is 2.13. The van der Waals surface area contributed by atoms with Gasteiger partial charge in [-0.15, -0.1) is 0 Å². The summed E-state index contributed by atoms with van der Waals surface area (Å²) >= 11 is 0. The van der Waals surface area contributed by atoms with Gasteiger partial charge in [-0.1, -0.05) is 12.1 Å². The summed E-state index contributed by atoms with van der Waals surface area (Å²) in [5.41, 5.74) is 3.53. The molecule has 112 valence electrons. The van der Waals surface area contributed by atoms with Crippen molar-refractivity contribution in [2.45, 2.75) is 26.3 Å². The zero-order valence-corrected chi connectivity index (χ0v) is 12.6. The first kappa shape index (κ1) is 13.2. The van der Waals surface area contributed by atoms with Crippen LogP contribution in [0.5, 0.6) is 0 Å². The number of anilines is 2. The Labute approximate surface area is 129 Å². The highest BCUT2D eigenvalue weighted by Crippen LogP contribution is 2.28. The molecule has 0 saturated carbocycles. The number of aromatic nitrogens is 2. The third-order valence-corrected chi connectivity index (χ3v) is 4.34. The Morgan fingerprint density at radius 3 is 2.77 bits per heavy atom. The van der Waals surface area contributed by atoms with Crippen molar-refractivity contribution in [1.82, 2.24) is 9.97 Å². The molecule has 0 bridgehead atoms. The molecular formula is C17H18N4O. The lowest BCUT2D eigenvalue weighted by atomic mass is 10.2. The second kappa shape index (κ2) is 5.09. The van der Waals surface area contributed by atoms with Crippen molar-refractivity contribution in [3.05, 3.63) is 47.3 Å². The lowest BCUT2D eigenvalue weighted by Gasteiger charge is -2.16. The number of hydrogen-bond acceptors (Lipinski definition) is 4. The van der Waals surface area contributed by atoms with Gasteiger partial charge in [0.1, 0.15) is 0 Å². The van der Waals surface area contributed by atoms with Crippen molar-refractivity contribution in [3.63, 3.8) is 0 Å².